The summed E-state index contributed by atoms with van der Waals surface area (Å²) >= 11 is 0. The van der Waals surface area contributed by atoms with Gasteiger partial charge >= 0.3 is 0 Å². The number of hydrogen-bond acceptors (Lipinski definition) is 4. The van der Waals surface area contributed by atoms with Gasteiger partial charge in [0.2, 0.25) is 0 Å². The Morgan fingerprint density at radius 2 is 2.05 bits per heavy atom. The Morgan fingerprint density at radius 1 is 1.27 bits per heavy atom. The highest BCUT2D eigenvalue weighted by atomic mass is 16.5. The number of amides is 1. The van der Waals surface area contributed by atoms with Crippen LogP contribution in [0.25, 0.3) is 11.0 Å². The molecular weight excluding hydrogens is 278 g/mol. The third kappa shape index (κ3) is 1.63. The van der Waals surface area contributed by atoms with Crippen LogP contribution in [-0.2, 0) is 0 Å². The van der Waals surface area contributed by atoms with Crippen LogP contribution in [0.4, 0.5) is 0 Å². The van der Waals surface area contributed by atoms with Gasteiger partial charge in [-0.15, -0.1) is 0 Å². The summed E-state index contributed by atoms with van der Waals surface area (Å²) < 4.78 is 5.27. The maximum absolute atomic E-state index is 12.7. The third-order valence-electron chi connectivity index (χ3n) is 5.86. The van der Waals surface area contributed by atoms with Crippen LogP contribution >= 0.6 is 0 Å². The van der Waals surface area contributed by atoms with Gasteiger partial charge in [-0.25, -0.2) is 0 Å². The minimum Gasteiger partial charge on any atom is -0.355 e. The summed E-state index contributed by atoms with van der Waals surface area (Å²) in [6.45, 7) is 2.40. The molecule has 1 saturated carbocycles. The van der Waals surface area contributed by atoms with Crippen LogP contribution in [0.1, 0.15) is 36.2 Å². The zero-order chi connectivity index (χ0) is 14.7. The van der Waals surface area contributed by atoms with Crippen molar-refractivity contribution in [2.75, 3.05) is 13.1 Å². The van der Waals surface area contributed by atoms with Crippen molar-refractivity contribution < 1.29 is 9.32 Å². The molecule has 4 heterocycles. The number of piperidine rings is 3. The van der Waals surface area contributed by atoms with E-state index >= 15 is 0 Å². The monoisotopic (exact) mass is 297 g/mol. The average Bonchev–Trinajstić information content (AvgIpc) is 3.21. The molecule has 6 rings (SSSR count). The SMILES string of the molecule is O=C(N[C@@H]1C2CCN(CC2)C12CC2)c1noc2ccccc12. The molecule has 3 aliphatic heterocycles. The van der Waals surface area contributed by atoms with Gasteiger partial charge in [0.05, 0.1) is 11.4 Å². The smallest absolute Gasteiger partial charge is 0.274 e. The van der Waals surface area contributed by atoms with Crippen molar-refractivity contribution in [1.29, 1.82) is 0 Å². The fourth-order valence-electron chi connectivity index (χ4n) is 4.58. The second-order valence-electron chi connectivity index (χ2n) is 6.91. The van der Waals surface area contributed by atoms with E-state index in [4.69, 9.17) is 4.52 Å². The van der Waals surface area contributed by atoms with Gasteiger partial charge < -0.3 is 9.84 Å². The first kappa shape index (κ1) is 12.6. The quantitative estimate of drug-likeness (QED) is 0.923. The molecule has 22 heavy (non-hydrogen) atoms. The van der Waals surface area contributed by atoms with Crippen LogP contribution in [0, 0.1) is 5.92 Å². The molecule has 2 bridgehead atoms. The number of rotatable bonds is 2. The second-order valence-corrected chi connectivity index (χ2v) is 6.91. The molecule has 1 spiro atoms. The van der Waals surface area contributed by atoms with Gasteiger partial charge in [-0.05, 0) is 56.8 Å². The van der Waals surface area contributed by atoms with Crippen LogP contribution in [0.2, 0.25) is 0 Å². The molecule has 5 nitrogen and oxygen atoms in total. The molecule has 3 saturated heterocycles. The van der Waals surface area contributed by atoms with Crippen molar-refractivity contribution in [3.05, 3.63) is 30.0 Å². The highest BCUT2D eigenvalue weighted by Gasteiger charge is 2.60. The minimum atomic E-state index is -0.0880. The van der Waals surface area contributed by atoms with E-state index in [1.165, 1.54) is 38.8 Å². The number of nitrogens with one attached hydrogen (secondary N) is 1. The van der Waals surface area contributed by atoms with Crippen molar-refractivity contribution in [3.63, 3.8) is 0 Å². The van der Waals surface area contributed by atoms with E-state index in [2.05, 4.69) is 15.4 Å². The Morgan fingerprint density at radius 3 is 2.82 bits per heavy atom. The van der Waals surface area contributed by atoms with E-state index in [0.29, 0.717) is 17.2 Å². The number of nitrogens with zero attached hydrogens (tertiary/aromatic N) is 2. The topological polar surface area (TPSA) is 58.4 Å². The summed E-state index contributed by atoms with van der Waals surface area (Å²) in [6, 6.07) is 7.81. The third-order valence-corrected chi connectivity index (χ3v) is 5.86. The molecule has 4 aliphatic rings. The summed E-state index contributed by atoms with van der Waals surface area (Å²) in [5.74, 6) is 0.532. The molecule has 1 aromatic heterocycles. The fourth-order valence-corrected chi connectivity index (χ4v) is 4.58. The van der Waals surface area contributed by atoms with E-state index in [-0.39, 0.29) is 17.5 Å². The van der Waals surface area contributed by atoms with Crippen molar-refractivity contribution in [2.24, 2.45) is 5.92 Å². The molecule has 2 aromatic rings. The zero-order valence-corrected chi connectivity index (χ0v) is 12.4. The Balaban J connectivity index is 1.45. The van der Waals surface area contributed by atoms with Gasteiger partial charge in [0, 0.05) is 5.54 Å². The van der Waals surface area contributed by atoms with E-state index in [9.17, 15) is 4.79 Å². The first-order valence-electron chi connectivity index (χ1n) is 8.18. The highest BCUT2D eigenvalue weighted by molar-refractivity contribution is 6.04. The minimum absolute atomic E-state index is 0.0880. The Labute approximate surface area is 128 Å². The lowest BCUT2D eigenvalue weighted by atomic mass is 9.77. The van der Waals surface area contributed by atoms with Gasteiger partial charge in [-0.2, -0.15) is 0 Å². The van der Waals surface area contributed by atoms with Crippen molar-refractivity contribution in [1.82, 2.24) is 15.4 Å². The molecule has 1 atom stereocenters. The summed E-state index contributed by atoms with van der Waals surface area (Å²) in [5.41, 5.74) is 1.33. The fraction of sp³-hybridized carbons (Fsp3) is 0.529. The van der Waals surface area contributed by atoms with Crippen LogP contribution < -0.4 is 5.32 Å². The van der Waals surface area contributed by atoms with Crippen molar-refractivity contribution in [2.45, 2.75) is 37.3 Å². The number of fused-ring (bicyclic) bond motifs is 3. The molecule has 4 fully saturated rings. The first-order chi connectivity index (χ1) is 10.8. The van der Waals surface area contributed by atoms with Crippen LogP contribution in [0.5, 0.6) is 0 Å². The number of carbonyl (C=O) groups is 1. The molecule has 0 radical (unpaired) electrons. The lowest BCUT2D eigenvalue weighted by Gasteiger charge is -2.52. The number of hydrogen-bond donors (Lipinski definition) is 1. The summed E-state index contributed by atoms with van der Waals surface area (Å²) in [4.78, 5) is 15.3. The molecule has 1 aromatic carbocycles. The standard InChI is InChI=1S/C17H19N3O2/c21-16(14-12-3-1-2-4-13(12)22-19-14)18-15-11-5-9-20(10-6-11)17(15)7-8-17/h1-4,11,15H,5-10H2,(H,18,21)/t15-/m1/s1. The predicted octanol–water partition coefficient (Wildman–Crippen LogP) is 2.18. The molecule has 1 aliphatic carbocycles. The number of carbonyl (C=O) groups excluding carboxylic acids is 1. The molecule has 114 valence electrons. The van der Waals surface area contributed by atoms with E-state index in [0.717, 1.165) is 5.39 Å². The molecule has 1 N–H and O–H groups in total. The Kier molecular flexibility index (Phi) is 2.48. The molecular formula is C17H19N3O2. The van der Waals surface area contributed by atoms with Crippen molar-refractivity contribution >= 4 is 16.9 Å². The average molecular weight is 297 g/mol. The Hall–Kier alpha value is -1.88. The normalized spacial score (nSPS) is 31.5. The number of benzene rings is 1. The maximum Gasteiger partial charge on any atom is 0.274 e. The van der Waals surface area contributed by atoms with Gasteiger partial charge in [0.1, 0.15) is 0 Å². The predicted molar refractivity (Wildman–Crippen MR) is 81.5 cm³/mol. The second kappa shape index (κ2) is 4.32. The lowest BCUT2D eigenvalue weighted by molar-refractivity contribution is -0.00155. The van der Waals surface area contributed by atoms with Crippen LogP contribution in [0.3, 0.4) is 0 Å². The number of aromatic nitrogens is 1. The Bertz CT molecular complexity index is 741. The summed E-state index contributed by atoms with van der Waals surface area (Å²) in [5, 5.41) is 8.08. The van der Waals surface area contributed by atoms with Crippen LogP contribution in [-0.4, -0.2) is 40.6 Å². The zero-order valence-electron chi connectivity index (χ0n) is 12.4. The van der Waals surface area contributed by atoms with Crippen LogP contribution in [0.15, 0.2) is 28.8 Å². The largest absolute Gasteiger partial charge is 0.355 e. The summed E-state index contributed by atoms with van der Waals surface area (Å²) in [7, 11) is 0. The molecule has 5 heteroatoms. The van der Waals surface area contributed by atoms with E-state index in [1.807, 2.05) is 24.3 Å². The number of para-hydroxylation sites is 1. The molecule has 0 unspecified atom stereocenters. The summed E-state index contributed by atoms with van der Waals surface area (Å²) in [6.07, 6.45) is 4.83. The van der Waals surface area contributed by atoms with Gasteiger partial charge in [0.25, 0.3) is 5.91 Å². The van der Waals surface area contributed by atoms with Crippen molar-refractivity contribution in [3.8, 4) is 0 Å². The van der Waals surface area contributed by atoms with Gasteiger partial charge in [-0.1, -0.05) is 17.3 Å². The van der Waals surface area contributed by atoms with Gasteiger partial charge in [-0.3, -0.25) is 9.69 Å². The lowest BCUT2D eigenvalue weighted by Crippen LogP contribution is -2.65. The first-order valence-corrected chi connectivity index (χ1v) is 8.18. The van der Waals surface area contributed by atoms with Gasteiger partial charge in [0.15, 0.2) is 11.3 Å². The maximum atomic E-state index is 12.7. The van der Waals surface area contributed by atoms with E-state index in [1.54, 1.807) is 0 Å². The van der Waals surface area contributed by atoms with E-state index < -0.39 is 0 Å². The molecule has 1 amide bonds. The highest BCUT2D eigenvalue weighted by Crippen LogP contribution is 2.53.